The van der Waals surface area contributed by atoms with Crippen LogP contribution >= 0.6 is 0 Å². The van der Waals surface area contributed by atoms with Crippen molar-refractivity contribution >= 4 is 43.6 Å². The van der Waals surface area contributed by atoms with E-state index in [-0.39, 0.29) is 0 Å². The zero-order chi connectivity index (χ0) is 30.6. The van der Waals surface area contributed by atoms with Gasteiger partial charge >= 0.3 is 0 Å². The van der Waals surface area contributed by atoms with Gasteiger partial charge in [0, 0.05) is 38.4 Å². The number of para-hydroxylation sites is 5. The van der Waals surface area contributed by atoms with E-state index in [1.807, 2.05) is 12.1 Å². The highest BCUT2D eigenvalue weighted by atomic mass is 15.0. The van der Waals surface area contributed by atoms with Crippen LogP contribution in [0.15, 0.2) is 164 Å². The fraction of sp³-hybridized carbons (Fsp3) is 0. The summed E-state index contributed by atoms with van der Waals surface area (Å²) < 4.78 is 4.68. The van der Waals surface area contributed by atoms with Crippen molar-refractivity contribution in [1.82, 2.24) is 9.13 Å². The van der Waals surface area contributed by atoms with E-state index in [1.54, 1.807) is 0 Å². The lowest BCUT2D eigenvalue weighted by Gasteiger charge is -2.18. The van der Waals surface area contributed by atoms with Gasteiger partial charge in [0.25, 0.3) is 0 Å². The zero-order valence-electron chi connectivity index (χ0n) is 24.9. The van der Waals surface area contributed by atoms with Crippen LogP contribution in [0.3, 0.4) is 0 Å². The first-order valence-electron chi connectivity index (χ1n) is 15.5. The van der Waals surface area contributed by atoms with Crippen LogP contribution in [0.2, 0.25) is 0 Å². The van der Waals surface area contributed by atoms with E-state index in [0.29, 0.717) is 5.56 Å². The third-order valence-corrected chi connectivity index (χ3v) is 9.19. The van der Waals surface area contributed by atoms with Gasteiger partial charge in [-0.3, -0.25) is 0 Å². The Morgan fingerprint density at radius 2 is 0.848 bits per heavy atom. The Morgan fingerprint density at radius 3 is 1.39 bits per heavy atom. The number of aromatic nitrogens is 2. The van der Waals surface area contributed by atoms with E-state index >= 15 is 0 Å². The summed E-state index contributed by atoms with van der Waals surface area (Å²) in [7, 11) is 0. The topological polar surface area (TPSA) is 33.6 Å². The summed E-state index contributed by atoms with van der Waals surface area (Å²) >= 11 is 0. The van der Waals surface area contributed by atoms with Crippen molar-refractivity contribution in [2.75, 3.05) is 0 Å². The molecule has 0 aliphatic rings. The number of fused-ring (bicyclic) bond motifs is 6. The summed E-state index contributed by atoms with van der Waals surface area (Å²) in [6.45, 7) is 0. The third-order valence-electron chi connectivity index (χ3n) is 9.19. The van der Waals surface area contributed by atoms with Gasteiger partial charge in [-0.15, -0.1) is 0 Å². The van der Waals surface area contributed by atoms with Crippen LogP contribution in [0.4, 0.5) is 0 Å². The van der Waals surface area contributed by atoms with Crippen LogP contribution in [-0.2, 0) is 0 Å². The first-order chi connectivity index (χ1) is 22.8. The molecule has 0 unspecified atom stereocenters. The monoisotopic (exact) mass is 585 g/mol. The molecule has 9 rings (SSSR count). The SMILES string of the molecule is N#Cc1cccc(-c2ccccc2-n2c3ccccc3c3ccccc32)c1-c1ccc(-n2c3ccccc3c3ccccc32)cc1. The predicted molar refractivity (Wildman–Crippen MR) is 191 cm³/mol. The third kappa shape index (κ3) is 3.84. The molecule has 46 heavy (non-hydrogen) atoms. The van der Waals surface area contributed by atoms with Crippen molar-refractivity contribution in [2.45, 2.75) is 0 Å². The quantitative estimate of drug-likeness (QED) is 0.202. The largest absolute Gasteiger partial charge is 0.309 e. The molecule has 0 fully saturated rings. The van der Waals surface area contributed by atoms with Gasteiger partial charge in [-0.2, -0.15) is 5.26 Å². The average molecular weight is 586 g/mol. The number of hydrogen-bond acceptors (Lipinski definition) is 1. The summed E-state index contributed by atoms with van der Waals surface area (Å²) in [5.41, 5.74) is 11.5. The summed E-state index contributed by atoms with van der Waals surface area (Å²) in [6, 6.07) is 60.0. The maximum absolute atomic E-state index is 10.4. The minimum absolute atomic E-state index is 0.652. The van der Waals surface area contributed by atoms with Gasteiger partial charge in [0.05, 0.1) is 39.4 Å². The molecule has 9 aromatic rings. The zero-order valence-corrected chi connectivity index (χ0v) is 24.9. The molecule has 0 atom stereocenters. The average Bonchev–Trinajstić information content (AvgIpc) is 3.64. The molecule has 0 saturated carbocycles. The molecule has 0 saturated heterocycles. The Labute approximate surface area is 266 Å². The number of hydrogen-bond donors (Lipinski definition) is 0. The molecule has 2 heterocycles. The minimum atomic E-state index is 0.652. The van der Waals surface area contributed by atoms with E-state index in [2.05, 4.69) is 167 Å². The van der Waals surface area contributed by atoms with Crippen molar-refractivity contribution < 1.29 is 0 Å². The van der Waals surface area contributed by atoms with E-state index in [4.69, 9.17) is 0 Å². The summed E-state index contributed by atoms with van der Waals surface area (Å²) in [6.07, 6.45) is 0. The molecule has 0 radical (unpaired) electrons. The summed E-state index contributed by atoms with van der Waals surface area (Å²) in [4.78, 5) is 0. The van der Waals surface area contributed by atoms with Crippen LogP contribution < -0.4 is 0 Å². The molecule has 214 valence electrons. The molecule has 0 N–H and O–H groups in total. The number of rotatable bonds is 4. The van der Waals surface area contributed by atoms with Gasteiger partial charge in [-0.25, -0.2) is 0 Å². The molecule has 3 heteroatoms. The van der Waals surface area contributed by atoms with Crippen molar-refractivity contribution in [3.05, 3.63) is 169 Å². The molecule has 2 aromatic heterocycles. The number of nitriles is 1. The smallest absolute Gasteiger partial charge is 0.0998 e. The molecule has 0 bridgehead atoms. The van der Waals surface area contributed by atoms with Gasteiger partial charge in [0.15, 0.2) is 0 Å². The van der Waals surface area contributed by atoms with Gasteiger partial charge in [-0.1, -0.05) is 115 Å². The van der Waals surface area contributed by atoms with Crippen molar-refractivity contribution in [3.8, 4) is 39.7 Å². The van der Waals surface area contributed by atoms with Crippen LogP contribution in [0.1, 0.15) is 5.56 Å². The standard InChI is InChI=1S/C43H27N3/c44-28-30-12-11-18-37(36-17-5-10-23-42(36)46-40-21-8-3-15-34(40)35-16-4-9-22-41(35)46)43(30)29-24-26-31(27-25-29)45-38-19-6-1-13-32(38)33-14-2-7-20-39(33)45/h1-27H. The molecule has 0 amide bonds. The van der Waals surface area contributed by atoms with Crippen molar-refractivity contribution in [3.63, 3.8) is 0 Å². The molecular weight excluding hydrogens is 558 g/mol. The lowest BCUT2D eigenvalue weighted by atomic mass is 9.90. The van der Waals surface area contributed by atoms with E-state index in [1.165, 1.54) is 32.6 Å². The lowest BCUT2D eigenvalue weighted by molar-refractivity contribution is 1.18. The summed E-state index contributed by atoms with van der Waals surface area (Å²) in [5, 5.41) is 15.3. The summed E-state index contributed by atoms with van der Waals surface area (Å²) in [5.74, 6) is 0. The molecular formula is C43H27N3. The Balaban J connectivity index is 1.25. The second-order valence-electron chi connectivity index (χ2n) is 11.6. The Bertz CT molecular complexity index is 2540. The second kappa shape index (κ2) is 10.4. The van der Waals surface area contributed by atoms with Crippen LogP contribution in [0.25, 0.3) is 77.2 Å². The molecule has 0 aliphatic heterocycles. The van der Waals surface area contributed by atoms with Gasteiger partial charge in [-0.05, 0) is 59.7 Å². The first kappa shape index (κ1) is 26.1. The highest BCUT2D eigenvalue weighted by Crippen LogP contribution is 2.41. The maximum Gasteiger partial charge on any atom is 0.0998 e. The number of nitrogens with zero attached hydrogens (tertiary/aromatic N) is 3. The Kier molecular flexibility index (Phi) is 5.88. The van der Waals surface area contributed by atoms with Crippen molar-refractivity contribution in [2.24, 2.45) is 0 Å². The van der Waals surface area contributed by atoms with Crippen LogP contribution in [-0.4, -0.2) is 9.13 Å². The fourth-order valence-electron chi connectivity index (χ4n) is 7.24. The predicted octanol–water partition coefficient (Wildman–Crippen LogP) is 11.1. The minimum Gasteiger partial charge on any atom is -0.309 e. The van der Waals surface area contributed by atoms with Crippen LogP contribution in [0.5, 0.6) is 0 Å². The Hall–Kier alpha value is -6.37. The van der Waals surface area contributed by atoms with Gasteiger partial charge in [0.2, 0.25) is 0 Å². The normalized spacial score (nSPS) is 11.5. The first-order valence-corrected chi connectivity index (χ1v) is 15.5. The van der Waals surface area contributed by atoms with E-state index < -0.39 is 0 Å². The van der Waals surface area contributed by atoms with E-state index in [0.717, 1.165) is 44.7 Å². The molecule has 0 aliphatic carbocycles. The van der Waals surface area contributed by atoms with Gasteiger partial charge < -0.3 is 9.13 Å². The molecule has 0 spiro atoms. The molecule has 7 aromatic carbocycles. The highest BCUT2D eigenvalue weighted by molar-refractivity contribution is 6.10. The van der Waals surface area contributed by atoms with Crippen molar-refractivity contribution in [1.29, 1.82) is 5.26 Å². The fourth-order valence-corrected chi connectivity index (χ4v) is 7.24. The molecule has 3 nitrogen and oxygen atoms in total. The highest BCUT2D eigenvalue weighted by Gasteiger charge is 2.19. The van der Waals surface area contributed by atoms with E-state index in [9.17, 15) is 5.26 Å². The maximum atomic E-state index is 10.4. The second-order valence-corrected chi connectivity index (χ2v) is 11.6. The van der Waals surface area contributed by atoms with Crippen LogP contribution in [0, 0.1) is 11.3 Å². The number of benzene rings is 7. The lowest BCUT2D eigenvalue weighted by Crippen LogP contribution is -1.99. The Morgan fingerprint density at radius 1 is 0.391 bits per heavy atom. The van der Waals surface area contributed by atoms with Gasteiger partial charge in [0.1, 0.15) is 0 Å².